The Morgan fingerprint density at radius 3 is 1.74 bits per heavy atom. The molecule has 8 heteroatoms. The zero-order chi connectivity index (χ0) is 27.8. The number of rotatable bonds is 27. The highest BCUT2D eigenvalue weighted by molar-refractivity contribution is 9.09. The summed E-state index contributed by atoms with van der Waals surface area (Å²) in [5.41, 5.74) is 0.0515. The molecule has 0 heterocycles. The summed E-state index contributed by atoms with van der Waals surface area (Å²) >= 11 is 3.44. The summed E-state index contributed by atoms with van der Waals surface area (Å²) < 4.78 is 28.3. The van der Waals surface area contributed by atoms with Gasteiger partial charge in [0.15, 0.2) is 0 Å². The normalized spacial score (nSPS) is 13.6. The molecular weight excluding hydrogens is 567 g/mol. The van der Waals surface area contributed by atoms with Gasteiger partial charge in [-0.3, -0.25) is 4.52 Å². The molecule has 1 unspecified atom stereocenters. The van der Waals surface area contributed by atoms with Gasteiger partial charge in [0.05, 0.1) is 19.8 Å². The van der Waals surface area contributed by atoms with Gasteiger partial charge in [0.1, 0.15) is 5.60 Å². The number of halogens is 1. The monoisotopic (exact) mass is 620 g/mol. The van der Waals surface area contributed by atoms with E-state index < -0.39 is 13.4 Å². The first-order chi connectivity index (χ1) is 18.4. The Bertz CT molecular complexity index is 701. The van der Waals surface area contributed by atoms with E-state index in [4.69, 9.17) is 14.0 Å². The SMILES string of the molecule is CCCCCCCCCCCCCCCCCCOCC(CCBr)(COP(=O)(O)O)OCc1ccccc1. The van der Waals surface area contributed by atoms with Crippen LogP contribution in [0.2, 0.25) is 0 Å². The van der Waals surface area contributed by atoms with Crippen LogP contribution in [0.5, 0.6) is 0 Å². The van der Waals surface area contributed by atoms with E-state index in [2.05, 4.69) is 22.9 Å². The van der Waals surface area contributed by atoms with Crippen LogP contribution in [0.3, 0.4) is 0 Å². The van der Waals surface area contributed by atoms with Crippen molar-refractivity contribution >= 4 is 23.8 Å². The Labute approximate surface area is 241 Å². The second-order valence-corrected chi connectivity index (χ2v) is 12.5. The molecule has 0 bridgehead atoms. The van der Waals surface area contributed by atoms with Gasteiger partial charge in [0.25, 0.3) is 0 Å². The second kappa shape index (κ2) is 23.4. The van der Waals surface area contributed by atoms with Crippen molar-refractivity contribution in [3.05, 3.63) is 35.9 Å². The van der Waals surface area contributed by atoms with Crippen LogP contribution in [0.4, 0.5) is 0 Å². The number of alkyl halides is 1. The molecule has 1 aromatic rings. The molecule has 6 nitrogen and oxygen atoms in total. The number of benzene rings is 1. The number of hydrogen-bond donors (Lipinski definition) is 2. The Morgan fingerprint density at radius 2 is 1.26 bits per heavy atom. The van der Waals surface area contributed by atoms with Crippen molar-refractivity contribution in [2.24, 2.45) is 0 Å². The second-order valence-electron chi connectivity index (χ2n) is 10.5. The van der Waals surface area contributed by atoms with Crippen molar-refractivity contribution in [3.8, 4) is 0 Å². The minimum atomic E-state index is -4.61. The van der Waals surface area contributed by atoms with E-state index in [0.717, 1.165) is 18.4 Å². The minimum Gasteiger partial charge on any atom is -0.378 e. The zero-order valence-electron chi connectivity index (χ0n) is 23.8. The quantitative estimate of drug-likeness (QED) is 0.0579. The lowest BCUT2D eigenvalue weighted by atomic mass is 10.0. The zero-order valence-corrected chi connectivity index (χ0v) is 26.3. The molecule has 0 aliphatic heterocycles. The standard InChI is InChI=1S/C30H54BrO6P/c1-2-3-4-5-6-7-8-9-10-11-12-13-14-15-16-20-25-35-27-30(23-24-31,28-37-38(32,33)34)36-26-29-21-18-17-19-22-29/h17-19,21-22H,2-16,20,23-28H2,1H3,(H2,32,33,34). The molecule has 222 valence electrons. The first kappa shape index (κ1) is 35.8. The summed E-state index contributed by atoms with van der Waals surface area (Å²) in [5, 5.41) is 0.606. The van der Waals surface area contributed by atoms with Crippen molar-refractivity contribution in [1.82, 2.24) is 0 Å². The van der Waals surface area contributed by atoms with Crippen LogP contribution in [0.15, 0.2) is 30.3 Å². The van der Waals surface area contributed by atoms with Gasteiger partial charge in [0.2, 0.25) is 0 Å². The van der Waals surface area contributed by atoms with Crippen molar-refractivity contribution < 1.29 is 28.3 Å². The van der Waals surface area contributed by atoms with Crippen molar-refractivity contribution in [2.45, 2.75) is 128 Å². The lowest BCUT2D eigenvalue weighted by molar-refractivity contribution is -0.130. The maximum absolute atomic E-state index is 11.4. The molecule has 0 saturated carbocycles. The van der Waals surface area contributed by atoms with E-state index in [0.29, 0.717) is 25.0 Å². The Morgan fingerprint density at radius 1 is 0.763 bits per heavy atom. The van der Waals surface area contributed by atoms with E-state index in [9.17, 15) is 14.4 Å². The maximum atomic E-state index is 11.4. The molecule has 1 atom stereocenters. The maximum Gasteiger partial charge on any atom is 0.469 e. The molecule has 38 heavy (non-hydrogen) atoms. The summed E-state index contributed by atoms with van der Waals surface area (Å²) in [5.74, 6) is 0. The third-order valence-corrected chi connectivity index (χ3v) is 7.80. The predicted octanol–water partition coefficient (Wildman–Crippen LogP) is 9.11. The average Bonchev–Trinajstić information content (AvgIpc) is 2.90. The van der Waals surface area contributed by atoms with E-state index in [-0.39, 0.29) is 13.2 Å². The summed E-state index contributed by atoms with van der Waals surface area (Å²) in [7, 11) is -4.61. The van der Waals surface area contributed by atoms with Gasteiger partial charge in [-0.1, -0.05) is 149 Å². The van der Waals surface area contributed by atoms with E-state index in [1.807, 2.05) is 30.3 Å². The van der Waals surface area contributed by atoms with Gasteiger partial charge in [-0.25, -0.2) is 4.57 Å². The Balaban J connectivity index is 2.16. The van der Waals surface area contributed by atoms with Gasteiger partial charge >= 0.3 is 7.82 Å². The van der Waals surface area contributed by atoms with Crippen LogP contribution in [0.1, 0.15) is 122 Å². The molecule has 2 N–H and O–H groups in total. The summed E-state index contributed by atoms with van der Waals surface area (Å²) in [6.07, 6.45) is 21.7. The fourth-order valence-corrected chi connectivity index (χ4v) is 5.66. The Kier molecular flexibility index (Phi) is 22.1. The third-order valence-electron chi connectivity index (χ3n) is 6.94. The van der Waals surface area contributed by atoms with E-state index in [1.165, 1.54) is 89.9 Å². The Hall–Kier alpha value is -0.270. The van der Waals surface area contributed by atoms with Gasteiger partial charge in [-0.05, 0) is 18.4 Å². The number of phosphoric acid groups is 1. The molecule has 1 rings (SSSR count). The van der Waals surface area contributed by atoms with Crippen LogP contribution in [0, 0.1) is 0 Å². The number of unbranched alkanes of at least 4 members (excludes halogenated alkanes) is 15. The molecule has 0 amide bonds. The van der Waals surface area contributed by atoms with Gasteiger partial charge < -0.3 is 19.3 Å². The van der Waals surface area contributed by atoms with E-state index in [1.54, 1.807) is 0 Å². The number of hydrogen-bond acceptors (Lipinski definition) is 4. The molecule has 0 aliphatic carbocycles. The van der Waals surface area contributed by atoms with E-state index >= 15 is 0 Å². The average molecular weight is 622 g/mol. The fourth-order valence-electron chi connectivity index (χ4n) is 4.54. The van der Waals surface area contributed by atoms with Crippen LogP contribution < -0.4 is 0 Å². The highest BCUT2D eigenvalue weighted by Crippen LogP contribution is 2.38. The van der Waals surface area contributed by atoms with Gasteiger partial charge in [-0.15, -0.1) is 0 Å². The largest absolute Gasteiger partial charge is 0.469 e. The highest BCUT2D eigenvalue weighted by atomic mass is 79.9. The summed E-state index contributed by atoms with van der Waals surface area (Å²) in [4.78, 5) is 18.5. The molecule has 0 fully saturated rings. The van der Waals surface area contributed by atoms with Crippen molar-refractivity contribution in [3.63, 3.8) is 0 Å². The number of ether oxygens (including phenoxy) is 2. The van der Waals surface area contributed by atoms with Crippen LogP contribution in [-0.2, 0) is 25.2 Å². The minimum absolute atomic E-state index is 0.226. The summed E-state index contributed by atoms with van der Waals surface area (Å²) in [6.45, 7) is 3.20. The van der Waals surface area contributed by atoms with Gasteiger partial charge in [-0.2, -0.15) is 0 Å². The lowest BCUT2D eigenvalue weighted by Crippen LogP contribution is -2.43. The molecule has 1 aromatic carbocycles. The molecule has 0 spiro atoms. The molecule has 0 radical (unpaired) electrons. The molecular formula is C30H54BrO6P. The van der Waals surface area contributed by atoms with Crippen LogP contribution >= 0.6 is 23.8 Å². The number of phosphoric ester groups is 1. The smallest absolute Gasteiger partial charge is 0.378 e. The topological polar surface area (TPSA) is 85.2 Å². The fraction of sp³-hybridized carbons (Fsp3) is 0.800. The van der Waals surface area contributed by atoms with Crippen molar-refractivity contribution in [2.75, 3.05) is 25.2 Å². The third kappa shape index (κ3) is 20.6. The molecule has 0 saturated heterocycles. The van der Waals surface area contributed by atoms with Crippen LogP contribution in [0.25, 0.3) is 0 Å². The predicted molar refractivity (Wildman–Crippen MR) is 161 cm³/mol. The summed E-state index contributed by atoms with van der Waals surface area (Å²) in [6, 6.07) is 9.73. The van der Waals surface area contributed by atoms with Gasteiger partial charge in [0, 0.05) is 11.9 Å². The van der Waals surface area contributed by atoms with Crippen LogP contribution in [-0.4, -0.2) is 40.5 Å². The van der Waals surface area contributed by atoms with Crippen molar-refractivity contribution in [1.29, 1.82) is 0 Å². The first-order valence-corrected chi connectivity index (χ1v) is 17.6. The first-order valence-electron chi connectivity index (χ1n) is 14.9. The molecule has 0 aromatic heterocycles. The molecule has 0 aliphatic rings. The lowest BCUT2D eigenvalue weighted by Gasteiger charge is -2.33. The highest BCUT2D eigenvalue weighted by Gasteiger charge is 2.34.